The highest BCUT2D eigenvalue weighted by molar-refractivity contribution is 7.22. The molecule has 0 saturated carbocycles. The monoisotopic (exact) mass is 343 g/mol. The van der Waals surface area contributed by atoms with Gasteiger partial charge in [-0.2, -0.15) is 0 Å². The Kier molecular flexibility index (Phi) is 3.71. The van der Waals surface area contributed by atoms with E-state index in [0.717, 1.165) is 17.4 Å². The Hall–Kier alpha value is -2.19. The van der Waals surface area contributed by atoms with Crippen molar-refractivity contribution in [2.75, 3.05) is 5.32 Å². The molecule has 0 aliphatic heterocycles. The lowest BCUT2D eigenvalue weighted by Crippen LogP contribution is -2.11. The summed E-state index contributed by atoms with van der Waals surface area (Å²) in [7, 11) is 0. The van der Waals surface area contributed by atoms with Crippen LogP contribution in [0.25, 0.3) is 10.2 Å². The van der Waals surface area contributed by atoms with E-state index in [1.165, 1.54) is 18.3 Å². The lowest BCUT2D eigenvalue weighted by Gasteiger charge is -2.00. The summed E-state index contributed by atoms with van der Waals surface area (Å²) in [5, 5.41) is 2.65. The summed E-state index contributed by atoms with van der Waals surface area (Å²) in [6, 6.07) is 3.70. The molecule has 1 aromatic carbocycles. The number of benzene rings is 1. The van der Waals surface area contributed by atoms with Crippen LogP contribution < -0.4 is 5.32 Å². The van der Waals surface area contributed by atoms with E-state index in [2.05, 4.69) is 15.3 Å². The maximum absolute atomic E-state index is 13.6. The van der Waals surface area contributed by atoms with Crippen LogP contribution in [0.1, 0.15) is 10.4 Å². The van der Waals surface area contributed by atoms with Crippen LogP contribution in [0.15, 0.2) is 24.4 Å². The van der Waals surface area contributed by atoms with Gasteiger partial charge in [0.1, 0.15) is 10.7 Å². The Labute approximate surface area is 130 Å². The molecule has 1 N–H and O–H groups in total. The molecule has 0 radical (unpaired) electrons. The number of nitrogens with one attached hydrogen (secondary N) is 1. The average Bonchev–Trinajstić information content (AvgIpc) is 2.88. The van der Waals surface area contributed by atoms with Gasteiger partial charge in [0.25, 0.3) is 5.91 Å². The highest BCUT2D eigenvalue weighted by Gasteiger charge is 2.18. The highest BCUT2D eigenvalue weighted by atomic mass is 35.5. The zero-order valence-electron chi connectivity index (χ0n) is 10.5. The molecule has 2 heterocycles. The molecule has 0 spiro atoms. The fourth-order valence-corrected chi connectivity index (χ4v) is 2.70. The van der Waals surface area contributed by atoms with Crippen LogP contribution in [0, 0.1) is 17.5 Å². The van der Waals surface area contributed by atoms with Crippen LogP contribution in [0.5, 0.6) is 0 Å². The summed E-state index contributed by atoms with van der Waals surface area (Å²) < 4.78 is 39.9. The number of aromatic nitrogens is 2. The maximum atomic E-state index is 13.6. The van der Waals surface area contributed by atoms with Gasteiger partial charge in [-0.05, 0) is 18.2 Å². The number of thiazole rings is 1. The zero-order valence-corrected chi connectivity index (χ0v) is 12.1. The summed E-state index contributed by atoms with van der Waals surface area (Å²) in [4.78, 5) is 19.5. The standard InChI is InChI=1S/C13H5ClF3N3OS/c14-8-2-1-5(4-18-8)12(21)20-13-19-11-7(22-13)3-6(15)9(16)10(11)17/h1-4H,(H,19,20,21). The number of amides is 1. The number of fused-ring (bicyclic) bond motifs is 1. The first-order chi connectivity index (χ1) is 10.5. The predicted molar refractivity (Wildman–Crippen MR) is 76.7 cm³/mol. The summed E-state index contributed by atoms with van der Waals surface area (Å²) in [5.74, 6) is -4.85. The van der Waals surface area contributed by atoms with E-state index < -0.39 is 23.4 Å². The van der Waals surface area contributed by atoms with Crippen molar-refractivity contribution in [1.82, 2.24) is 9.97 Å². The third kappa shape index (κ3) is 2.62. The fourth-order valence-electron chi connectivity index (χ4n) is 1.71. The Morgan fingerprint density at radius 1 is 1.23 bits per heavy atom. The molecule has 9 heteroatoms. The van der Waals surface area contributed by atoms with E-state index in [9.17, 15) is 18.0 Å². The van der Waals surface area contributed by atoms with Gasteiger partial charge in [-0.1, -0.05) is 22.9 Å². The van der Waals surface area contributed by atoms with Gasteiger partial charge >= 0.3 is 0 Å². The van der Waals surface area contributed by atoms with Crippen LogP contribution in [0.4, 0.5) is 18.3 Å². The van der Waals surface area contributed by atoms with E-state index in [-0.39, 0.29) is 26.1 Å². The zero-order chi connectivity index (χ0) is 15.9. The van der Waals surface area contributed by atoms with Gasteiger partial charge in [-0.15, -0.1) is 0 Å². The molecule has 0 saturated heterocycles. The molecule has 0 bridgehead atoms. The van der Waals surface area contributed by atoms with Crippen molar-refractivity contribution in [2.24, 2.45) is 0 Å². The van der Waals surface area contributed by atoms with Crippen LogP contribution in [0.2, 0.25) is 5.15 Å². The van der Waals surface area contributed by atoms with E-state index in [0.29, 0.717) is 0 Å². The van der Waals surface area contributed by atoms with Crippen molar-refractivity contribution in [3.05, 3.63) is 52.6 Å². The molecule has 0 atom stereocenters. The topological polar surface area (TPSA) is 54.9 Å². The maximum Gasteiger partial charge on any atom is 0.259 e. The van der Waals surface area contributed by atoms with Gasteiger partial charge in [0, 0.05) is 6.20 Å². The van der Waals surface area contributed by atoms with Crippen molar-refractivity contribution in [3.8, 4) is 0 Å². The second-order valence-electron chi connectivity index (χ2n) is 4.18. The number of nitrogens with zero attached hydrogens (tertiary/aromatic N) is 2. The molecule has 0 unspecified atom stereocenters. The number of carbonyl (C=O) groups is 1. The molecular formula is C13H5ClF3N3OS. The largest absolute Gasteiger partial charge is 0.298 e. The summed E-state index contributed by atoms with van der Waals surface area (Å²) >= 11 is 6.44. The molecule has 112 valence electrons. The van der Waals surface area contributed by atoms with Crippen LogP contribution in [-0.4, -0.2) is 15.9 Å². The Balaban J connectivity index is 1.93. The Morgan fingerprint density at radius 3 is 2.68 bits per heavy atom. The lowest BCUT2D eigenvalue weighted by molar-refractivity contribution is 0.102. The first kappa shape index (κ1) is 14.7. The number of carbonyl (C=O) groups excluding carboxylic acids is 1. The van der Waals surface area contributed by atoms with Crippen LogP contribution >= 0.6 is 22.9 Å². The molecular weight excluding hydrogens is 339 g/mol. The minimum Gasteiger partial charge on any atom is -0.298 e. The molecule has 0 aliphatic rings. The molecule has 2 aromatic heterocycles. The first-order valence-electron chi connectivity index (χ1n) is 5.82. The second-order valence-corrected chi connectivity index (χ2v) is 5.59. The van der Waals surface area contributed by atoms with E-state index in [1.54, 1.807) is 0 Å². The van der Waals surface area contributed by atoms with Crippen LogP contribution in [-0.2, 0) is 0 Å². The quantitative estimate of drug-likeness (QED) is 0.565. The van der Waals surface area contributed by atoms with E-state index in [1.807, 2.05) is 0 Å². The number of hydrogen-bond acceptors (Lipinski definition) is 4. The minimum atomic E-state index is -1.60. The normalized spacial score (nSPS) is 10.9. The van der Waals surface area contributed by atoms with E-state index in [4.69, 9.17) is 11.6 Å². The minimum absolute atomic E-state index is 0.0128. The van der Waals surface area contributed by atoms with Gasteiger partial charge < -0.3 is 0 Å². The molecule has 3 rings (SSSR count). The molecule has 3 aromatic rings. The Morgan fingerprint density at radius 2 is 2.00 bits per heavy atom. The number of anilines is 1. The van der Waals surface area contributed by atoms with E-state index >= 15 is 0 Å². The number of hydrogen-bond donors (Lipinski definition) is 1. The smallest absolute Gasteiger partial charge is 0.259 e. The van der Waals surface area contributed by atoms with Gasteiger partial charge in [-0.25, -0.2) is 23.1 Å². The SMILES string of the molecule is O=C(Nc1nc2c(F)c(F)c(F)cc2s1)c1ccc(Cl)nc1. The van der Waals surface area contributed by atoms with Crippen molar-refractivity contribution in [2.45, 2.75) is 0 Å². The summed E-state index contributed by atoms with van der Waals surface area (Å²) in [6.07, 6.45) is 1.25. The van der Waals surface area contributed by atoms with Crippen molar-refractivity contribution < 1.29 is 18.0 Å². The molecule has 4 nitrogen and oxygen atoms in total. The fraction of sp³-hybridized carbons (Fsp3) is 0. The second kappa shape index (κ2) is 5.54. The third-order valence-corrected chi connectivity index (χ3v) is 3.87. The number of pyridine rings is 1. The lowest BCUT2D eigenvalue weighted by atomic mass is 10.3. The number of rotatable bonds is 2. The molecule has 22 heavy (non-hydrogen) atoms. The molecule has 1 amide bonds. The van der Waals surface area contributed by atoms with Gasteiger partial charge in [0.05, 0.1) is 10.3 Å². The highest BCUT2D eigenvalue weighted by Crippen LogP contribution is 2.30. The first-order valence-corrected chi connectivity index (χ1v) is 7.02. The van der Waals surface area contributed by atoms with Crippen molar-refractivity contribution in [1.29, 1.82) is 0 Å². The molecule has 0 fully saturated rings. The predicted octanol–water partition coefficient (Wildman–Crippen LogP) is 4.01. The summed E-state index contributed by atoms with van der Waals surface area (Å²) in [6.45, 7) is 0. The Bertz CT molecular complexity index is 882. The number of halogens is 4. The van der Waals surface area contributed by atoms with Crippen LogP contribution in [0.3, 0.4) is 0 Å². The average molecular weight is 344 g/mol. The van der Waals surface area contributed by atoms with Gasteiger partial charge in [0.2, 0.25) is 0 Å². The van der Waals surface area contributed by atoms with Gasteiger partial charge in [0.15, 0.2) is 22.6 Å². The van der Waals surface area contributed by atoms with Gasteiger partial charge in [-0.3, -0.25) is 10.1 Å². The van der Waals surface area contributed by atoms with Crippen molar-refractivity contribution in [3.63, 3.8) is 0 Å². The third-order valence-electron chi connectivity index (χ3n) is 2.73. The molecule has 0 aliphatic carbocycles. The summed E-state index contributed by atoms with van der Waals surface area (Å²) in [5.41, 5.74) is -0.130. The van der Waals surface area contributed by atoms with Crippen molar-refractivity contribution >= 4 is 44.2 Å².